The Morgan fingerprint density at radius 2 is 1.33 bits per heavy atom. The number of nitrogens with one attached hydrogen (secondary N) is 2. The van der Waals surface area contributed by atoms with Gasteiger partial charge >= 0.3 is 46.9 Å². The van der Waals surface area contributed by atoms with Gasteiger partial charge in [-0.3, -0.25) is 41.8 Å². The molecule has 7 rings (SSSR count). The Labute approximate surface area is 587 Å². The molecule has 10 atom stereocenters. The number of aliphatic hydroxyl groups excluding tert-OH is 1. The van der Waals surface area contributed by atoms with Crippen LogP contribution >= 0.6 is 46.9 Å². The third kappa shape index (κ3) is 24.2. The average molecular weight is 1660 g/mol. The number of carbonyl (C=O) groups excluding carboxylic acids is 1. The minimum Gasteiger partial charge on any atom is -0.744 e. The molecule has 1 fully saturated rings. The number of nitrogen functional groups attached to an aromatic ring is 1. The van der Waals surface area contributed by atoms with E-state index in [0.29, 0.717) is 66.0 Å². The van der Waals surface area contributed by atoms with E-state index in [1.54, 1.807) is 48.5 Å². The van der Waals surface area contributed by atoms with E-state index in [1.165, 1.54) is 34.9 Å². The zero-order valence-electron chi connectivity index (χ0n) is 54.2. The van der Waals surface area contributed by atoms with Crippen LogP contribution in [0.5, 0.6) is 0 Å². The van der Waals surface area contributed by atoms with Crippen molar-refractivity contribution in [2.45, 2.75) is 137 Å². The lowest BCUT2D eigenvalue weighted by Crippen LogP contribution is -2.30. The number of fused-ring (bicyclic) bond motifs is 3. The highest BCUT2D eigenvalue weighted by atomic mass is 32.2. The maximum atomic E-state index is 12.9. The second-order valence-electron chi connectivity index (χ2n) is 24.0. The molecule has 53 heteroatoms. The monoisotopic (exact) mass is 1660 g/mol. The number of allylic oxidation sites excluding steroid dienone is 4. The van der Waals surface area contributed by atoms with Crippen LogP contribution in [0.3, 0.4) is 0 Å². The van der Waals surface area contributed by atoms with E-state index in [2.05, 4.69) is 50.9 Å². The Hall–Kier alpha value is -4.57. The molecule has 1 saturated heterocycles. The van der Waals surface area contributed by atoms with Crippen LogP contribution in [0.4, 0.5) is 17.3 Å². The summed E-state index contributed by atoms with van der Waals surface area (Å²) in [5.41, 5.74) is 5.16. The lowest BCUT2D eigenvalue weighted by Gasteiger charge is -2.30. The Bertz CT molecular complexity index is 4820. The lowest BCUT2D eigenvalue weighted by atomic mass is 9.77. The van der Waals surface area contributed by atoms with Gasteiger partial charge in [-0.1, -0.05) is 31.8 Å². The highest BCUT2D eigenvalue weighted by molar-refractivity contribution is 7.86. The van der Waals surface area contributed by atoms with Gasteiger partial charge in [0.05, 0.1) is 47.5 Å². The zero-order chi connectivity index (χ0) is 77.0. The molecule has 578 valence electrons. The second-order valence-corrected chi connectivity index (χ2v) is 39.4. The van der Waals surface area contributed by atoms with Crippen molar-refractivity contribution in [1.29, 1.82) is 0 Å². The number of benzene rings is 2. The first-order chi connectivity index (χ1) is 47.2. The summed E-state index contributed by atoms with van der Waals surface area (Å²) >= 11 is 0. The van der Waals surface area contributed by atoms with Crippen LogP contribution in [0.1, 0.15) is 115 Å². The van der Waals surface area contributed by atoms with Gasteiger partial charge < -0.3 is 59.7 Å². The molecule has 0 spiro atoms. The summed E-state index contributed by atoms with van der Waals surface area (Å²) in [6.07, 6.45) is 3.55. The predicted octanol–water partition coefficient (Wildman–Crippen LogP) is 4.70. The summed E-state index contributed by atoms with van der Waals surface area (Å²) in [5.74, 6) is -2.00. The van der Waals surface area contributed by atoms with Crippen molar-refractivity contribution in [3.8, 4) is 0 Å². The van der Waals surface area contributed by atoms with Crippen LogP contribution < -0.4 is 21.5 Å². The summed E-state index contributed by atoms with van der Waals surface area (Å²) in [7, 11) is -56.2. The number of aliphatic hydroxyl groups is 1. The molecular weight excluding hydrogens is 1590 g/mol. The van der Waals surface area contributed by atoms with E-state index in [0.717, 1.165) is 12.4 Å². The summed E-state index contributed by atoms with van der Waals surface area (Å²) in [6.45, 7) is 3.60. The summed E-state index contributed by atoms with van der Waals surface area (Å²) in [6, 6.07) is 7.62. The molecular formula is C50H74N8O35P6S4. The average Bonchev–Trinajstić information content (AvgIpc) is 1.59. The van der Waals surface area contributed by atoms with Gasteiger partial charge in [0, 0.05) is 66.9 Å². The molecule has 4 aromatic rings. The molecule has 5 heterocycles. The maximum absolute atomic E-state index is 12.9. The lowest BCUT2D eigenvalue weighted by molar-refractivity contribution is -0.437. The van der Waals surface area contributed by atoms with E-state index < -0.39 is 157 Å². The molecule has 2 aromatic heterocycles. The fourth-order valence-electron chi connectivity index (χ4n) is 11.4. The number of hydrogen-bond acceptors (Lipinski definition) is 30. The number of unbranched alkanes of at least 4 members (excludes halogenated alkanes) is 5. The number of ether oxygens (including phenoxy) is 1. The number of imidazole rings is 1. The maximum Gasteiger partial charge on any atom is 0.490 e. The Morgan fingerprint density at radius 1 is 0.757 bits per heavy atom. The first kappa shape index (κ1) is 85.7. The van der Waals surface area contributed by atoms with Crippen LogP contribution in [0.15, 0.2) is 81.2 Å². The second kappa shape index (κ2) is 33.1. The SMILES string of the molecule is CC1(C)C(C=CC=C2N(CCCS(=O)(=O)O)c3ccc(S(=O)(=O)[O-])cc3C2(C)CCCCCC(=O)NCCCCCCOP(=O)(O)OP(=O)(O)OP(=O)(O)OP(=O)(O)OP(=O)(O)OP(=O)(O)OC[C@H]2O[C@@H](n3cnc4c(=O)[nH]c(N)nc43)C[C@@H]2O)=[N+](CCCS(=O)(=O)O)c2cc(S(=O)(=O)O)ccc21. The Kier molecular flexibility index (Phi) is 27.5. The first-order valence-electron chi connectivity index (χ1n) is 30.3. The smallest absolute Gasteiger partial charge is 0.490 e. The number of amides is 1. The van der Waals surface area contributed by atoms with E-state index >= 15 is 0 Å². The summed E-state index contributed by atoms with van der Waals surface area (Å²) < 4.78 is 249. The molecule has 2 aromatic carbocycles. The van der Waals surface area contributed by atoms with Crippen LogP contribution in [0.25, 0.3) is 11.2 Å². The number of aromatic amines is 1. The summed E-state index contributed by atoms with van der Waals surface area (Å²) in [4.78, 5) is 95.3. The van der Waals surface area contributed by atoms with Crippen molar-refractivity contribution in [1.82, 2.24) is 24.8 Å². The minimum absolute atomic E-state index is 0.0271. The van der Waals surface area contributed by atoms with Crippen LogP contribution in [-0.4, -0.2) is 179 Å². The number of anilines is 2. The molecule has 43 nitrogen and oxygen atoms in total. The number of phosphoric ester groups is 2. The van der Waals surface area contributed by atoms with Crippen molar-refractivity contribution >= 4 is 128 Å². The first-order valence-corrected chi connectivity index (χ1v) is 45.3. The number of phosphoric acid groups is 6. The van der Waals surface area contributed by atoms with Crippen molar-refractivity contribution in [3.63, 3.8) is 0 Å². The highest BCUT2D eigenvalue weighted by Crippen LogP contribution is 2.75. The highest BCUT2D eigenvalue weighted by Gasteiger charge is 2.51. The number of rotatable bonds is 40. The molecule has 1 amide bonds. The van der Waals surface area contributed by atoms with Crippen molar-refractivity contribution in [3.05, 3.63) is 88.1 Å². The van der Waals surface area contributed by atoms with E-state index in [1.807, 2.05) is 0 Å². The predicted molar refractivity (Wildman–Crippen MR) is 355 cm³/mol. The van der Waals surface area contributed by atoms with Gasteiger partial charge in [0.15, 0.2) is 16.9 Å². The number of H-pyrrole nitrogens is 1. The van der Waals surface area contributed by atoms with Crippen molar-refractivity contribution in [2.75, 3.05) is 55.0 Å². The molecule has 0 bridgehead atoms. The van der Waals surface area contributed by atoms with Gasteiger partial charge in [-0.25, -0.2) is 40.8 Å². The molecule has 14 N–H and O–H groups in total. The van der Waals surface area contributed by atoms with E-state index in [4.69, 9.17) is 10.5 Å². The molecule has 0 radical (unpaired) electrons. The van der Waals surface area contributed by atoms with Gasteiger partial charge in [-0.2, -0.15) is 56.4 Å². The molecule has 3 aliphatic rings. The number of hydrogen-bond donors (Lipinski definition) is 13. The van der Waals surface area contributed by atoms with Crippen LogP contribution in [0, 0.1) is 0 Å². The molecule has 3 aliphatic heterocycles. The molecule has 0 saturated carbocycles. The molecule has 0 aliphatic carbocycles. The summed E-state index contributed by atoms with van der Waals surface area (Å²) in [5, 5.41) is 13.2. The van der Waals surface area contributed by atoms with Crippen molar-refractivity contribution in [2.24, 2.45) is 0 Å². The van der Waals surface area contributed by atoms with Gasteiger partial charge in [0.2, 0.25) is 17.5 Å². The number of nitrogens with two attached hydrogens (primary N) is 1. The van der Waals surface area contributed by atoms with Crippen molar-refractivity contribution < 1.29 is 158 Å². The normalized spacial score (nSPS) is 22.7. The number of aromatic nitrogens is 4. The van der Waals surface area contributed by atoms with Gasteiger partial charge in [0.25, 0.3) is 35.9 Å². The van der Waals surface area contributed by atoms with Crippen LogP contribution in [0.2, 0.25) is 0 Å². The third-order valence-corrected chi connectivity index (χ3v) is 28.4. The third-order valence-electron chi connectivity index (χ3n) is 15.9. The minimum atomic E-state index is -6.59. The van der Waals surface area contributed by atoms with E-state index in [9.17, 15) is 123 Å². The zero-order valence-corrected chi connectivity index (χ0v) is 62.9. The van der Waals surface area contributed by atoms with E-state index in [-0.39, 0.29) is 87.6 Å². The fourth-order valence-corrected chi connectivity index (χ4v) is 21.3. The standard InChI is InChI=1S/C50H74N8O35P6S4/c1-49(2)35-19-17-34(103(83,84)85)29-38(35)57(24-13-27-101(77,78)79)41(49)14-11-15-42-50(3,36-28-33(102(80,81)82)18-20-37(36)56(42)23-12-26-100(74,75)76)21-8-6-7-16-43(60)52-22-9-4-5-10-25-86-94(62,63)89-96(66,67)91-98(70,71)93-99(72,73)92-97(68,69)90-95(64,65)87-31-40-39(59)30-44(88-40)58-32-53-45-46(58)54-48(51)55-47(45)61/h11,14-15,17-20,28-29,32,39-40,44,59H,4-10,12-13,16,21-27,30-31H2,1-3H3,(H13-,51,52,54,55,60,61,62,63,64,65,66,67,68,69,70,71,72,73,74,75,76,77,78,79,80,81,82,83,84,85)/t39-,40+,44+,50?/m0/s1. The quantitative estimate of drug-likeness (QED) is 0.0124. The van der Waals surface area contributed by atoms with Gasteiger partial charge in [0.1, 0.15) is 33.9 Å². The van der Waals surface area contributed by atoms with Crippen LogP contribution in [-0.2, 0) is 119 Å². The Morgan fingerprint density at radius 3 is 1.93 bits per heavy atom. The topological polar surface area (TPSA) is 663 Å². The largest absolute Gasteiger partial charge is 0.744 e. The number of nitrogens with zero attached hydrogens (tertiary/aromatic N) is 5. The molecule has 103 heavy (non-hydrogen) atoms. The fraction of sp³-hybridized carbons (Fsp3) is 0.540. The molecule has 7 unspecified atom stereocenters. The number of carbonyl (C=O) groups is 1. The Balaban J connectivity index is 0.864. The van der Waals surface area contributed by atoms with Gasteiger partial charge in [-0.15, -0.1) is 0 Å². The van der Waals surface area contributed by atoms with Gasteiger partial charge in [-0.05, 0) is 94.8 Å².